The van der Waals surface area contributed by atoms with Crippen molar-refractivity contribution in [3.63, 3.8) is 0 Å². The number of aromatic hydroxyl groups is 1. The Hall–Kier alpha value is -1.63. The minimum Gasteiger partial charge on any atom is -0.507 e. The van der Waals surface area contributed by atoms with Crippen molar-refractivity contribution in [1.82, 2.24) is 0 Å². The Labute approximate surface area is 128 Å². The number of hydrogen-bond acceptors (Lipinski definition) is 6. The fraction of sp³-hybridized carbons (Fsp3) is 0.562. The van der Waals surface area contributed by atoms with Gasteiger partial charge in [-0.25, -0.2) is 0 Å². The zero-order valence-corrected chi connectivity index (χ0v) is 12.8. The van der Waals surface area contributed by atoms with Crippen molar-refractivity contribution in [1.29, 1.82) is 0 Å². The van der Waals surface area contributed by atoms with Crippen LogP contribution in [0.15, 0.2) is 12.1 Å². The molecule has 1 heterocycles. The molecular formula is C16H20O6. The van der Waals surface area contributed by atoms with E-state index in [1.807, 2.05) is 0 Å². The number of carbonyl (C=O) groups excluding carboxylic acids is 1. The fourth-order valence-electron chi connectivity index (χ4n) is 3.42. The first-order chi connectivity index (χ1) is 10.4. The number of phenolic OH excluding ortho intramolecular Hbond substituents is 1. The van der Waals surface area contributed by atoms with Crippen LogP contribution in [-0.2, 0) is 9.47 Å². The molecule has 0 radical (unpaired) electrons. The molecule has 1 aliphatic carbocycles. The number of ether oxygens (including phenoxy) is 3. The van der Waals surface area contributed by atoms with Crippen molar-refractivity contribution >= 4 is 5.78 Å². The first-order valence-corrected chi connectivity index (χ1v) is 7.22. The lowest BCUT2D eigenvalue weighted by Crippen LogP contribution is -2.49. The molecule has 1 aromatic carbocycles. The Balaban J connectivity index is 2.06. The van der Waals surface area contributed by atoms with Crippen LogP contribution in [0.1, 0.15) is 35.4 Å². The summed E-state index contributed by atoms with van der Waals surface area (Å²) in [5, 5.41) is 20.8. The number of benzene rings is 1. The molecule has 0 unspecified atom stereocenters. The summed E-state index contributed by atoms with van der Waals surface area (Å²) in [5.41, 5.74) is 0.572. The summed E-state index contributed by atoms with van der Waals surface area (Å²) >= 11 is 0. The van der Waals surface area contributed by atoms with Gasteiger partial charge in [0.1, 0.15) is 11.5 Å². The molecule has 6 heteroatoms. The number of rotatable bonds is 2. The molecule has 2 aliphatic rings. The molecule has 1 aliphatic heterocycles. The van der Waals surface area contributed by atoms with E-state index in [9.17, 15) is 15.0 Å². The van der Waals surface area contributed by atoms with Gasteiger partial charge in [-0.05, 0) is 18.6 Å². The number of hydrogen-bond donors (Lipinski definition) is 2. The molecule has 4 atom stereocenters. The standard InChI is InChI=1S/C16H20O6/c1-16(21-3)6-10-11(7-22-16)15(19)13-9(14(10)18)4-8(20-2)5-12(13)17/h4-5,10-11,14,17-18H,6-7H2,1-3H3/t10-,11-,14+,16+/m1/s1. The molecule has 1 saturated heterocycles. The Bertz CT molecular complexity index is 613. The van der Waals surface area contributed by atoms with E-state index in [2.05, 4.69) is 0 Å². The SMILES string of the molecule is COc1cc(O)c2c(c1)[C@H](O)[C@@H]1C[C@@](C)(OC)OC[C@H]1C2=O. The lowest BCUT2D eigenvalue weighted by atomic mass is 9.69. The molecule has 1 aromatic rings. The Morgan fingerprint density at radius 2 is 2.09 bits per heavy atom. The van der Waals surface area contributed by atoms with E-state index < -0.39 is 17.8 Å². The summed E-state index contributed by atoms with van der Waals surface area (Å²) in [5.74, 6) is -1.58. The van der Waals surface area contributed by atoms with Gasteiger partial charge in [0.2, 0.25) is 0 Å². The Kier molecular flexibility index (Phi) is 3.63. The van der Waals surface area contributed by atoms with Gasteiger partial charge >= 0.3 is 0 Å². The molecule has 0 bridgehead atoms. The second-order valence-electron chi connectivity index (χ2n) is 6.04. The maximum Gasteiger partial charge on any atom is 0.172 e. The van der Waals surface area contributed by atoms with E-state index in [0.717, 1.165) is 0 Å². The minimum absolute atomic E-state index is 0.163. The summed E-state index contributed by atoms with van der Waals surface area (Å²) in [6, 6.07) is 2.99. The van der Waals surface area contributed by atoms with Crippen molar-refractivity contribution in [3.8, 4) is 11.5 Å². The molecule has 120 valence electrons. The van der Waals surface area contributed by atoms with E-state index in [1.54, 1.807) is 20.1 Å². The molecule has 22 heavy (non-hydrogen) atoms. The maximum atomic E-state index is 12.7. The van der Waals surface area contributed by atoms with Crippen LogP contribution in [0, 0.1) is 11.8 Å². The molecule has 6 nitrogen and oxygen atoms in total. The van der Waals surface area contributed by atoms with Gasteiger partial charge in [-0.2, -0.15) is 0 Å². The second-order valence-corrected chi connectivity index (χ2v) is 6.04. The Morgan fingerprint density at radius 1 is 1.36 bits per heavy atom. The summed E-state index contributed by atoms with van der Waals surface area (Å²) < 4.78 is 16.1. The quantitative estimate of drug-likeness (QED) is 0.864. The van der Waals surface area contributed by atoms with Crippen molar-refractivity contribution < 1.29 is 29.2 Å². The van der Waals surface area contributed by atoms with Gasteiger partial charge in [0.05, 0.1) is 31.3 Å². The highest BCUT2D eigenvalue weighted by Gasteiger charge is 2.50. The summed E-state index contributed by atoms with van der Waals surface area (Å²) in [6.07, 6.45) is -0.476. The first-order valence-electron chi connectivity index (χ1n) is 7.22. The van der Waals surface area contributed by atoms with E-state index in [4.69, 9.17) is 14.2 Å². The van der Waals surface area contributed by atoms with Crippen LogP contribution in [0.3, 0.4) is 0 Å². The number of carbonyl (C=O) groups is 1. The van der Waals surface area contributed by atoms with Crippen LogP contribution >= 0.6 is 0 Å². The highest BCUT2D eigenvalue weighted by Crippen LogP contribution is 2.48. The molecule has 0 saturated carbocycles. The van der Waals surface area contributed by atoms with Crippen molar-refractivity contribution in [3.05, 3.63) is 23.3 Å². The van der Waals surface area contributed by atoms with Crippen molar-refractivity contribution in [2.45, 2.75) is 25.2 Å². The second kappa shape index (κ2) is 5.22. The van der Waals surface area contributed by atoms with E-state index >= 15 is 0 Å². The number of aliphatic hydroxyl groups excluding tert-OH is 1. The number of Topliss-reactive ketones (excluding diaryl/α,β-unsaturated/α-hetero) is 1. The van der Waals surface area contributed by atoms with Gasteiger partial charge in [0.15, 0.2) is 11.6 Å². The number of methoxy groups -OCH3 is 2. The molecule has 1 fully saturated rings. The van der Waals surface area contributed by atoms with Gasteiger partial charge in [-0.3, -0.25) is 4.79 Å². The smallest absolute Gasteiger partial charge is 0.172 e. The minimum atomic E-state index is -0.878. The van der Waals surface area contributed by atoms with Gasteiger partial charge < -0.3 is 24.4 Å². The topological polar surface area (TPSA) is 85.2 Å². The molecule has 0 amide bonds. The molecule has 3 rings (SSSR count). The molecular weight excluding hydrogens is 288 g/mol. The monoisotopic (exact) mass is 308 g/mol. The van der Waals surface area contributed by atoms with Crippen LogP contribution in [-0.4, -0.2) is 42.6 Å². The van der Waals surface area contributed by atoms with E-state index in [-0.39, 0.29) is 29.6 Å². The third-order valence-corrected chi connectivity index (χ3v) is 4.79. The lowest BCUT2D eigenvalue weighted by molar-refractivity contribution is -0.257. The van der Waals surface area contributed by atoms with Gasteiger partial charge in [0.25, 0.3) is 0 Å². The normalized spacial score (nSPS) is 34.0. The average Bonchev–Trinajstić information content (AvgIpc) is 2.51. The highest BCUT2D eigenvalue weighted by molar-refractivity contribution is 6.03. The number of aliphatic hydroxyl groups is 1. The predicted molar refractivity (Wildman–Crippen MR) is 76.9 cm³/mol. The van der Waals surface area contributed by atoms with Crippen LogP contribution in [0.25, 0.3) is 0 Å². The summed E-state index contributed by atoms with van der Waals surface area (Å²) in [7, 11) is 3.01. The van der Waals surface area contributed by atoms with E-state index in [0.29, 0.717) is 17.7 Å². The third kappa shape index (κ3) is 2.18. The van der Waals surface area contributed by atoms with Crippen LogP contribution < -0.4 is 4.74 Å². The number of phenols is 1. The fourth-order valence-corrected chi connectivity index (χ4v) is 3.42. The van der Waals surface area contributed by atoms with Gasteiger partial charge in [-0.15, -0.1) is 0 Å². The van der Waals surface area contributed by atoms with Crippen molar-refractivity contribution in [2.24, 2.45) is 11.8 Å². The van der Waals surface area contributed by atoms with Gasteiger partial charge in [-0.1, -0.05) is 0 Å². The maximum absolute atomic E-state index is 12.7. The van der Waals surface area contributed by atoms with Gasteiger partial charge in [0, 0.05) is 25.5 Å². The zero-order chi connectivity index (χ0) is 16.1. The molecule has 0 aromatic heterocycles. The number of ketones is 1. The summed E-state index contributed by atoms with van der Waals surface area (Å²) in [6.45, 7) is 1.95. The summed E-state index contributed by atoms with van der Waals surface area (Å²) in [4.78, 5) is 12.7. The zero-order valence-electron chi connectivity index (χ0n) is 12.8. The third-order valence-electron chi connectivity index (χ3n) is 4.79. The Morgan fingerprint density at radius 3 is 2.73 bits per heavy atom. The van der Waals surface area contributed by atoms with Crippen LogP contribution in [0.2, 0.25) is 0 Å². The van der Waals surface area contributed by atoms with E-state index in [1.165, 1.54) is 13.2 Å². The highest BCUT2D eigenvalue weighted by atomic mass is 16.7. The number of fused-ring (bicyclic) bond motifs is 2. The largest absolute Gasteiger partial charge is 0.507 e. The predicted octanol–water partition coefficient (Wildman–Crippen LogP) is 1.65. The average molecular weight is 308 g/mol. The molecule has 2 N–H and O–H groups in total. The van der Waals surface area contributed by atoms with Crippen molar-refractivity contribution in [2.75, 3.05) is 20.8 Å². The molecule has 0 spiro atoms. The first kappa shape index (κ1) is 15.3. The van der Waals surface area contributed by atoms with Crippen LogP contribution in [0.5, 0.6) is 11.5 Å². The lowest BCUT2D eigenvalue weighted by Gasteiger charge is -2.45. The van der Waals surface area contributed by atoms with Crippen LogP contribution in [0.4, 0.5) is 0 Å².